The Hall–Kier alpha value is -2.05. The number of rotatable bonds is 9. The van der Waals surface area contributed by atoms with Crippen molar-refractivity contribution in [1.82, 2.24) is 4.90 Å². The Morgan fingerprint density at radius 1 is 1.12 bits per heavy atom. The number of likely N-dealkylation sites (tertiary alicyclic amines) is 1. The summed E-state index contributed by atoms with van der Waals surface area (Å²) in [7, 11) is 4.87. The maximum Gasteiger partial charge on any atom is 0.246 e. The van der Waals surface area contributed by atoms with Crippen LogP contribution in [0.5, 0.6) is 11.5 Å². The summed E-state index contributed by atoms with van der Waals surface area (Å²) in [6.07, 6.45) is 5.38. The molecule has 0 atom stereocenters. The van der Waals surface area contributed by atoms with Crippen LogP contribution >= 0.6 is 0 Å². The van der Waals surface area contributed by atoms with Crippen molar-refractivity contribution in [3.8, 4) is 11.5 Å². The molecule has 6 nitrogen and oxygen atoms in total. The summed E-state index contributed by atoms with van der Waals surface area (Å²) < 4.78 is 21.1. The molecule has 6 heteroatoms. The molecule has 26 heavy (non-hydrogen) atoms. The predicted molar refractivity (Wildman–Crippen MR) is 101 cm³/mol. The van der Waals surface area contributed by atoms with Crippen molar-refractivity contribution in [3.05, 3.63) is 29.8 Å². The third-order valence-electron chi connectivity index (χ3n) is 4.54. The second kappa shape index (κ2) is 10.8. The van der Waals surface area contributed by atoms with Crippen molar-refractivity contribution in [1.29, 1.82) is 0 Å². The number of hydrogen-bond acceptors (Lipinski definition) is 5. The number of amides is 1. The third kappa shape index (κ3) is 6.04. The molecule has 0 unspecified atom stereocenters. The minimum Gasteiger partial charge on any atom is -0.493 e. The first-order valence-electron chi connectivity index (χ1n) is 8.93. The predicted octanol–water partition coefficient (Wildman–Crippen LogP) is 2.62. The van der Waals surface area contributed by atoms with Crippen molar-refractivity contribution in [2.75, 3.05) is 54.2 Å². The zero-order valence-corrected chi connectivity index (χ0v) is 15.9. The molecule has 1 heterocycles. The second-order valence-electron chi connectivity index (χ2n) is 6.28. The Labute approximate surface area is 155 Å². The zero-order chi connectivity index (χ0) is 18.8. The number of ether oxygens (including phenoxy) is 4. The van der Waals surface area contributed by atoms with Crippen LogP contribution in [-0.4, -0.2) is 65.0 Å². The Balaban J connectivity index is 1.80. The van der Waals surface area contributed by atoms with Crippen LogP contribution in [0.15, 0.2) is 24.3 Å². The Morgan fingerprint density at radius 2 is 1.85 bits per heavy atom. The number of carbonyl (C=O) groups excluding carboxylic acids is 1. The highest BCUT2D eigenvalue weighted by molar-refractivity contribution is 5.91. The van der Waals surface area contributed by atoms with Gasteiger partial charge in [-0.3, -0.25) is 4.79 Å². The van der Waals surface area contributed by atoms with Crippen molar-refractivity contribution < 1.29 is 23.7 Å². The summed E-state index contributed by atoms with van der Waals surface area (Å²) in [6, 6.07) is 5.58. The summed E-state index contributed by atoms with van der Waals surface area (Å²) in [5.74, 6) is 1.88. The highest BCUT2D eigenvalue weighted by Crippen LogP contribution is 2.28. The fraction of sp³-hybridized carbons (Fsp3) is 0.550. The fourth-order valence-electron chi connectivity index (χ4n) is 2.94. The van der Waals surface area contributed by atoms with Crippen LogP contribution in [0.25, 0.3) is 6.08 Å². The van der Waals surface area contributed by atoms with Gasteiger partial charge in [-0.1, -0.05) is 6.07 Å². The fourth-order valence-corrected chi connectivity index (χ4v) is 2.94. The quantitative estimate of drug-likeness (QED) is 0.499. The van der Waals surface area contributed by atoms with E-state index >= 15 is 0 Å². The van der Waals surface area contributed by atoms with Gasteiger partial charge in [0.15, 0.2) is 11.5 Å². The standard InChI is InChI=1S/C20H29NO5/c1-23-12-13-26-15-17-8-10-21(11-9-17)20(22)7-5-16-4-6-18(24-2)19(14-16)25-3/h4-7,14,17H,8-13,15H2,1-3H3/b7-5+. The number of nitrogens with zero attached hydrogens (tertiary/aromatic N) is 1. The molecule has 0 saturated carbocycles. The molecule has 144 valence electrons. The summed E-state index contributed by atoms with van der Waals surface area (Å²) in [5, 5.41) is 0. The van der Waals surface area contributed by atoms with Gasteiger partial charge in [0.2, 0.25) is 5.91 Å². The molecule has 0 bridgehead atoms. The van der Waals surface area contributed by atoms with Crippen LogP contribution in [0, 0.1) is 5.92 Å². The van der Waals surface area contributed by atoms with Crippen molar-refractivity contribution in [3.63, 3.8) is 0 Å². The largest absolute Gasteiger partial charge is 0.493 e. The van der Waals surface area contributed by atoms with E-state index in [2.05, 4.69) is 0 Å². The monoisotopic (exact) mass is 363 g/mol. The van der Waals surface area contributed by atoms with Crippen LogP contribution in [0.3, 0.4) is 0 Å². The van der Waals surface area contributed by atoms with Crippen LogP contribution < -0.4 is 9.47 Å². The van der Waals surface area contributed by atoms with E-state index in [1.54, 1.807) is 27.4 Å². The van der Waals surface area contributed by atoms with E-state index in [1.807, 2.05) is 29.2 Å². The molecule has 0 aromatic heterocycles. The van der Waals surface area contributed by atoms with Crippen molar-refractivity contribution in [2.45, 2.75) is 12.8 Å². The molecule has 1 aliphatic rings. The number of carbonyl (C=O) groups is 1. The lowest BCUT2D eigenvalue weighted by Gasteiger charge is -2.31. The lowest BCUT2D eigenvalue weighted by Crippen LogP contribution is -2.38. The maximum absolute atomic E-state index is 12.4. The highest BCUT2D eigenvalue weighted by Gasteiger charge is 2.21. The van der Waals surface area contributed by atoms with Gasteiger partial charge in [0.1, 0.15) is 0 Å². The topological polar surface area (TPSA) is 57.2 Å². The van der Waals surface area contributed by atoms with Gasteiger partial charge in [-0.05, 0) is 42.5 Å². The maximum atomic E-state index is 12.4. The first-order valence-corrected chi connectivity index (χ1v) is 8.93. The average molecular weight is 363 g/mol. The number of benzene rings is 1. The van der Waals surface area contributed by atoms with E-state index in [1.165, 1.54) is 0 Å². The van der Waals surface area contributed by atoms with Gasteiger partial charge in [0.05, 0.1) is 27.4 Å². The molecule has 1 fully saturated rings. The molecule has 1 amide bonds. The van der Waals surface area contributed by atoms with Gasteiger partial charge >= 0.3 is 0 Å². The highest BCUT2D eigenvalue weighted by atomic mass is 16.5. The summed E-state index contributed by atoms with van der Waals surface area (Å²) >= 11 is 0. The molecule has 0 aliphatic carbocycles. The van der Waals surface area contributed by atoms with E-state index in [0.29, 0.717) is 30.6 Å². The molecule has 1 aromatic carbocycles. The lowest BCUT2D eigenvalue weighted by atomic mass is 9.98. The SMILES string of the molecule is COCCOCC1CCN(C(=O)/C=C/c2ccc(OC)c(OC)c2)CC1. The first-order chi connectivity index (χ1) is 12.7. The van der Waals surface area contributed by atoms with Crippen LogP contribution in [0.2, 0.25) is 0 Å². The van der Waals surface area contributed by atoms with E-state index in [0.717, 1.165) is 38.1 Å². The lowest BCUT2D eigenvalue weighted by molar-refractivity contribution is -0.127. The molecular formula is C20H29NO5. The molecule has 1 aromatic rings. The second-order valence-corrected chi connectivity index (χ2v) is 6.28. The first kappa shape index (κ1) is 20.3. The van der Waals surface area contributed by atoms with E-state index < -0.39 is 0 Å². The smallest absolute Gasteiger partial charge is 0.246 e. The minimum absolute atomic E-state index is 0.0403. The van der Waals surface area contributed by atoms with Crippen LogP contribution in [0.1, 0.15) is 18.4 Å². The van der Waals surface area contributed by atoms with Gasteiger partial charge in [-0.2, -0.15) is 0 Å². The summed E-state index contributed by atoms with van der Waals surface area (Å²) in [4.78, 5) is 14.3. The summed E-state index contributed by atoms with van der Waals surface area (Å²) in [6.45, 7) is 3.54. The van der Waals surface area contributed by atoms with Crippen molar-refractivity contribution >= 4 is 12.0 Å². The molecule has 1 saturated heterocycles. The number of piperidine rings is 1. The minimum atomic E-state index is 0.0403. The Morgan fingerprint density at radius 3 is 2.50 bits per heavy atom. The number of hydrogen-bond donors (Lipinski definition) is 0. The third-order valence-corrected chi connectivity index (χ3v) is 4.54. The van der Waals surface area contributed by atoms with Crippen LogP contribution in [-0.2, 0) is 14.3 Å². The molecule has 2 rings (SSSR count). The molecular weight excluding hydrogens is 334 g/mol. The van der Waals surface area contributed by atoms with E-state index in [4.69, 9.17) is 18.9 Å². The molecule has 0 radical (unpaired) electrons. The summed E-state index contributed by atoms with van der Waals surface area (Å²) in [5.41, 5.74) is 0.900. The molecule has 1 aliphatic heterocycles. The van der Waals surface area contributed by atoms with Gasteiger partial charge in [0.25, 0.3) is 0 Å². The van der Waals surface area contributed by atoms with Gasteiger partial charge < -0.3 is 23.8 Å². The normalized spacial score (nSPS) is 15.4. The van der Waals surface area contributed by atoms with Gasteiger partial charge in [0, 0.05) is 32.9 Å². The Bertz CT molecular complexity index is 594. The average Bonchev–Trinajstić information content (AvgIpc) is 2.69. The molecule has 0 spiro atoms. The van der Waals surface area contributed by atoms with Gasteiger partial charge in [-0.15, -0.1) is 0 Å². The zero-order valence-electron chi connectivity index (χ0n) is 15.9. The van der Waals surface area contributed by atoms with E-state index in [-0.39, 0.29) is 5.91 Å². The number of methoxy groups -OCH3 is 3. The Kier molecular flexibility index (Phi) is 8.44. The van der Waals surface area contributed by atoms with E-state index in [9.17, 15) is 4.79 Å². The van der Waals surface area contributed by atoms with Crippen molar-refractivity contribution in [2.24, 2.45) is 5.92 Å². The molecule has 0 N–H and O–H groups in total. The van der Waals surface area contributed by atoms with Gasteiger partial charge in [-0.25, -0.2) is 0 Å². The van der Waals surface area contributed by atoms with Crippen LogP contribution in [0.4, 0.5) is 0 Å².